The molecule has 4 unspecified atom stereocenters. The number of fused-ring (bicyclic) bond motifs is 2. The number of halogens is 2. The Kier molecular flexibility index (Phi) is 8.34. The second-order valence-corrected chi connectivity index (χ2v) is 11.8. The van der Waals surface area contributed by atoms with Crippen LogP contribution in [0.2, 0.25) is 5.02 Å². The van der Waals surface area contributed by atoms with Gasteiger partial charge in [0, 0.05) is 33.8 Å². The van der Waals surface area contributed by atoms with Gasteiger partial charge in [-0.2, -0.15) is 0 Å². The molecule has 6 rings (SSSR count). The van der Waals surface area contributed by atoms with Crippen molar-refractivity contribution in [1.29, 1.82) is 0 Å². The molecule has 44 heavy (non-hydrogen) atoms. The van der Waals surface area contributed by atoms with Gasteiger partial charge in [0.15, 0.2) is 6.10 Å². The van der Waals surface area contributed by atoms with Gasteiger partial charge < -0.3 is 4.74 Å². The number of esters is 1. The number of imide groups is 1. The van der Waals surface area contributed by atoms with E-state index in [1.54, 1.807) is 72.8 Å². The maximum absolute atomic E-state index is 13.6. The van der Waals surface area contributed by atoms with Gasteiger partial charge in [0.05, 0.1) is 34.3 Å². The van der Waals surface area contributed by atoms with Crippen molar-refractivity contribution in [2.45, 2.75) is 25.9 Å². The van der Waals surface area contributed by atoms with Crippen LogP contribution < -0.4 is 4.90 Å². The van der Waals surface area contributed by atoms with Gasteiger partial charge in [0.2, 0.25) is 17.6 Å². The molecule has 0 saturated carbocycles. The molecule has 4 aromatic rings. The van der Waals surface area contributed by atoms with E-state index in [0.717, 1.165) is 0 Å². The average Bonchev–Trinajstić information content (AvgIpc) is 3.30. The number of amides is 2. The van der Waals surface area contributed by atoms with Crippen LogP contribution in [0.4, 0.5) is 5.69 Å². The van der Waals surface area contributed by atoms with Crippen LogP contribution in [0, 0.1) is 17.8 Å². The van der Waals surface area contributed by atoms with Crippen molar-refractivity contribution < 1.29 is 23.9 Å². The summed E-state index contributed by atoms with van der Waals surface area (Å²) in [6.45, 7) is 1.96. The van der Waals surface area contributed by atoms with Crippen LogP contribution in [0.15, 0.2) is 91.0 Å². The minimum atomic E-state index is -1.09. The Morgan fingerprint density at radius 3 is 2.43 bits per heavy atom. The van der Waals surface area contributed by atoms with Gasteiger partial charge >= 0.3 is 5.97 Å². The topological polar surface area (TPSA) is 93.6 Å². The van der Waals surface area contributed by atoms with E-state index in [1.165, 1.54) is 4.90 Å². The fraction of sp³-hybridized carbons (Fsp3) is 0.229. The molecule has 7 nitrogen and oxygen atoms in total. The molecule has 0 spiro atoms. The normalized spacial score (nSPS) is 20.1. The van der Waals surface area contributed by atoms with Crippen LogP contribution >= 0.6 is 23.2 Å². The van der Waals surface area contributed by atoms with Crippen molar-refractivity contribution >= 4 is 63.4 Å². The lowest BCUT2D eigenvalue weighted by Gasteiger charge is -2.22. The summed E-state index contributed by atoms with van der Waals surface area (Å²) in [5, 5.41) is 1.06. The zero-order valence-corrected chi connectivity index (χ0v) is 25.3. The Hall–Kier alpha value is -4.33. The van der Waals surface area contributed by atoms with Crippen molar-refractivity contribution in [2.24, 2.45) is 17.8 Å². The number of hydrogen-bond acceptors (Lipinski definition) is 6. The van der Waals surface area contributed by atoms with Crippen LogP contribution in [0.3, 0.4) is 0 Å². The smallest absolute Gasteiger partial charge is 0.339 e. The predicted molar refractivity (Wildman–Crippen MR) is 170 cm³/mol. The van der Waals surface area contributed by atoms with Gasteiger partial charge in [-0.3, -0.25) is 19.3 Å². The van der Waals surface area contributed by atoms with Gasteiger partial charge in [0.25, 0.3) is 0 Å². The van der Waals surface area contributed by atoms with E-state index >= 15 is 0 Å². The summed E-state index contributed by atoms with van der Waals surface area (Å²) in [5.41, 5.74) is 2.83. The molecule has 3 aromatic carbocycles. The van der Waals surface area contributed by atoms with Gasteiger partial charge in [-0.25, -0.2) is 9.78 Å². The van der Waals surface area contributed by atoms with E-state index < -0.39 is 12.1 Å². The molecular weight excluding hydrogens is 599 g/mol. The van der Waals surface area contributed by atoms with E-state index in [0.29, 0.717) is 44.9 Å². The number of rotatable bonds is 8. The molecule has 0 bridgehead atoms. The number of ether oxygens (including phenoxy) is 1. The zero-order valence-electron chi connectivity index (χ0n) is 23.8. The molecule has 222 valence electrons. The highest BCUT2D eigenvalue weighted by atomic mass is 35.5. The number of hydrogen-bond donors (Lipinski definition) is 0. The predicted octanol–water partition coefficient (Wildman–Crippen LogP) is 7.29. The van der Waals surface area contributed by atoms with Crippen molar-refractivity contribution in [3.8, 4) is 11.3 Å². The highest BCUT2D eigenvalue weighted by Gasteiger charge is 2.50. The molecule has 2 aliphatic rings. The third-order valence-electron chi connectivity index (χ3n) is 8.27. The van der Waals surface area contributed by atoms with Crippen LogP contribution in [0.1, 0.15) is 40.5 Å². The lowest BCUT2D eigenvalue weighted by Crippen LogP contribution is -2.31. The molecule has 2 heterocycles. The maximum atomic E-state index is 13.6. The van der Waals surface area contributed by atoms with Gasteiger partial charge in [-0.1, -0.05) is 61.0 Å². The lowest BCUT2D eigenvalue weighted by atomic mass is 9.78. The number of aromatic nitrogens is 1. The summed E-state index contributed by atoms with van der Waals surface area (Å²) < 4.78 is 5.77. The summed E-state index contributed by atoms with van der Waals surface area (Å²) >= 11 is 11.9. The van der Waals surface area contributed by atoms with E-state index in [1.807, 2.05) is 25.1 Å². The monoisotopic (exact) mass is 626 g/mol. The van der Waals surface area contributed by atoms with E-state index in [2.05, 4.69) is 0 Å². The Bertz CT molecular complexity index is 1800. The molecule has 0 N–H and O–H groups in total. The molecule has 0 radical (unpaired) electrons. The first-order valence-corrected chi connectivity index (χ1v) is 15.3. The summed E-state index contributed by atoms with van der Waals surface area (Å²) in [6, 6.07) is 22.1. The van der Waals surface area contributed by atoms with E-state index in [9.17, 15) is 19.2 Å². The molecule has 1 fully saturated rings. The standard InChI is InChI=1S/C35H28Cl2N2O5/c1-20-5-4-7-26-31(20)34(42)39(33(26)41)24-15-11-21(12-16-24)29-19-27(25-6-2-3-8-28(25)38-29)35(43)44-30(17-18-36)32(40)22-9-13-23(37)14-10-22/h2-6,8-16,19-20,26,30-31H,7,17-18H2,1H3. The average molecular weight is 628 g/mol. The molecule has 1 aliphatic carbocycles. The molecule has 1 aromatic heterocycles. The summed E-state index contributed by atoms with van der Waals surface area (Å²) in [4.78, 5) is 59.3. The fourth-order valence-corrected chi connectivity index (χ4v) is 6.33. The number of anilines is 1. The number of alkyl halides is 1. The summed E-state index contributed by atoms with van der Waals surface area (Å²) in [7, 11) is 0. The number of benzene rings is 3. The number of carbonyl (C=O) groups is 4. The third kappa shape index (κ3) is 5.53. The molecule has 2 amide bonds. The van der Waals surface area contributed by atoms with Crippen LogP contribution in [0.25, 0.3) is 22.2 Å². The SMILES string of the molecule is CC1C=CCC2C(=O)N(c3ccc(-c4cc(C(=O)OC(CCCl)C(=O)c5ccc(Cl)cc5)c5ccccc5n4)cc3)C(=O)C12. The summed E-state index contributed by atoms with van der Waals surface area (Å²) in [6.07, 6.45) is 3.58. The quantitative estimate of drug-likeness (QED) is 0.0670. The van der Waals surface area contributed by atoms with Crippen LogP contribution in [0.5, 0.6) is 0 Å². The highest BCUT2D eigenvalue weighted by Crippen LogP contribution is 2.40. The van der Waals surface area contributed by atoms with Crippen molar-refractivity contribution in [1.82, 2.24) is 4.98 Å². The number of Topliss-reactive ketones (excluding diaryl/α,β-unsaturated/α-hetero) is 1. The largest absolute Gasteiger partial charge is 0.450 e. The van der Waals surface area contributed by atoms with E-state index in [-0.39, 0.29) is 53.2 Å². The molecule has 4 atom stereocenters. The van der Waals surface area contributed by atoms with Crippen LogP contribution in [-0.2, 0) is 14.3 Å². The van der Waals surface area contributed by atoms with Gasteiger partial charge in [0.1, 0.15) is 0 Å². The Morgan fingerprint density at radius 1 is 1.00 bits per heavy atom. The second kappa shape index (κ2) is 12.3. The lowest BCUT2D eigenvalue weighted by molar-refractivity contribution is -0.122. The zero-order chi connectivity index (χ0) is 31.0. The number of carbonyl (C=O) groups excluding carboxylic acids is 4. The summed E-state index contributed by atoms with van der Waals surface area (Å²) in [5.74, 6) is -2.00. The number of nitrogens with zero attached hydrogens (tertiary/aromatic N) is 2. The number of allylic oxidation sites excluding steroid dienone is 2. The van der Waals surface area contributed by atoms with Crippen molar-refractivity contribution in [3.05, 3.63) is 107 Å². The van der Waals surface area contributed by atoms with Crippen molar-refractivity contribution in [2.75, 3.05) is 10.8 Å². The molecule has 9 heteroatoms. The highest BCUT2D eigenvalue weighted by molar-refractivity contribution is 6.30. The first-order chi connectivity index (χ1) is 21.3. The minimum Gasteiger partial charge on any atom is -0.450 e. The fourth-order valence-electron chi connectivity index (χ4n) is 6.01. The molecule has 1 saturated heterocycles. The maximum Gasteiger partial charge on any atom is 0.339 e. The van der Waals surface area contributed by atoms with Gasteiger partial charge in [-0.05, 0) is 60.9 Å². The second-order valence-electron chi connectivity index (χ2n) is 11.0. The van der Waals surface area contributed by atoms with E-state index in [4.69, 9.17) is 32.9 Å². The number of ketones is 1. The third-order valence-corrected chi connectivity index (χ3v) is 8.74. The first-order valence-electron chi connectivity index (χ1n) is 14.4. The van der Waals surface area contributed by atoms with Crippen molar-refractivity contribution in [3.63, 3.8) is 0 Å². The van der Waals surface area contributed by atoms with Crippen LogP contribution in [-0.4, -0.2) is 40.5 Å². The molecular formula is C35H28Cl2N2O5. The number of para-hydroxylation sites is 1. The Morgan fingerprint density at radius 2 is 1.73 bits per heavy atom. The Labute approximate surface area is 264 Å². The van der Waals surface area contributed by atoms with Gasteiger partial charge in [-0.15, -0.1) is 11.6 Å². The minimum absolute atomic E-state index is 0.0000292. The number of pyridine rings is 1. The Balaban J connectivity index is 1.30. The first kappa shape index (κ1) is 29.7. The molecule has 1 aliphatic heterocycles.